The van der Waals surface area contributed by atoms with E-state index in [0.717, 1.165) is 31.6 Å². The number of hydrogen-bond donors (Lipinski definition) is 2. The van der Waals surface area contributed by atoms with Crippen LogP contribution in [0.25, 0.3) is 0 Å². The minimum Gasteiger partial charge on any atom is -0.488 e. The number of nitrogens with zero attached hydrogens (tertiary/aromatic N) is 1. The molecule has 1 saturated heterocycles. The van der Waals surface area contributed by atoms with E-state index in [1.54, 1.807) is 25.2 Å². The Morgan fingerprint density at radius 2 is 2.25 bits per heavy atom. The highest BCUT2D eigenvalue weighted by atomic mass is 127. The maximum absolute atomic E-state index is 12.2. The molecule has 1 unspecified atom stereocenters. The van der Waals surface area contributed by atoms with E-state index in [0.29, 0.717) is 18.3 Å². The highest BCUT2D eigenvalue weighted by molar-refractivity contribution is 14.0. The standard InChI is InChI=1S/C16H23F2N3O2.HI/c1-19-16(21-10-14-6-3-7-22-14)20-9-12-4-2-5-13(8-12)23-11-15(17)18;/h2,4-5,8,14-15H,3,6-7,9-11H2,1H3,(H2,19,20,21);1H. The third-order valence-corrected chi connectivity index (χ3v) is 3.48. The number of benzene rings is 1. The van der Waals surface area contributed by atoms with Crippen LogP contribution in [-0.2, 0) is 11.3 Å². The molecular formula is C16H24F2IN3O2. The third-order valence-electron chi connectivity index (χ3n) is 3.48. The van der Waals surface area contributed by atoms with Gasteiger partial charge in [-0.1, -0.05) is 12.1 Å². The van der Waals surface area contributed by atoms with Gasteiger partial charge in [0.05, 0.1) is 6.10 Å². The van der Waals surface area contributed by atoms with Crippen molar-refractivity contribution in [1.82, 2.24) is 10.6 Å². The molecule has 8 heteroatoms. The number of hydrogen-bond acceptors (Lipinski definition) is 3. The second-order valence-corrected chi connectivity index (χ2v) is 5.29. The van der Waals surface area contributed by atoms with Crippen molar-refractivity contribution in [2.45, 2.75) is 31.9 Å². The average Bonchev–Trinajstić information content (AvgIpc) is 3.07. The summed E-state index contributed by atoms with van der Waals surface area (Å²) < 4.78 is 34.9. The lowest BCUT2D eigenvalue weighted by molar-refractivity contribution is 0.0818. The molecule has 0 aliphatic carbocycles. The molecule has 136 valence electrons. The quantitative estimate of drug-likeness (QED) is 0.377. The normalized spacial score (nSPS) is 17.5. The Hall–Kier alpha value is -1.16. The summed E-state index contributed by atoms with van der Waals surface area (Å²) >= 11 is 0. The zero-order valence-electron chi connectivity index (χ0n) is 13.6. The van der Waals surface area contributed by atoms with Gasteiger partial charge in [-0.15, -0.1) is 24.0 Å². The lowest BCUT2D eigenvalue weighted by Gasteiger charge is -2.15. The van der Waals surface area contributed by atoms with Gasteiger partial charge in [0.25, 0.3) is 6.43 Å². The van der Waals surface area contributed by atoms with Crippen molar-refractivity contribution in [3.63, 3.8) is 0 Å². The van der Waals surface area contributed by atoms with Crippen molar-refractivity contribution in [3.8, 4) is 5.75 Å². The van der Waals surface area contributed by atoms with E-state index in [4.69, 9.17) is 9.47 Å². The van der Waals surface area contributed by atoms with E-state index in [-0.39, 0.29) is 30.1 Å². The predicted molar refractivity (Wildman–Crippen MR) is 101 cm³/mol. The molecule has 2 N–H and O–H groups in total. The summed E-state index contributed by atoms with van der Waals surface area (Å²) in [6, 6.07) is 7.08. The van der Waals surface area contributed by atoms with Crippen LogP contribution in [0.3, 0.4) is 0 Å². The Labute approximate surface area is 158 Å². The summed E-state index contributed by atoms with van der Waals surface area (Å²) in [5.74, 6) is 1.12. The van der Waals surface area contributed by atoms with Gasteiger partial charge in [-0.2, -0.15) is 0 Å². The van der Waals surface area contributed by atoms with Crippen LogP contribution < -0.4 is 15.4 Å². The maximum atomic E-state index is 12.2. The Bertz CT molecular complexity index is 512. The first-order valence-corrected chi connectivity index (χ1v) is 7.73. The van der Waals surface area contributed by atoms with Crippen molar-refractivity contribution in [1.29, 1.82) is 0 Å². The molecule has 1 aromatic rings. The molecule has 5 nitrogen and oxygen atoms in total. The van der Waals surface area contributed by atoms with Crippen molar-refractivity contribution in [3.05, 3.63) is 29.8 Å². The van der Waals surface area contributed by atoms with Crippen molar-refractivity contribution < 1.29 is 18.3 Å². The van der Waals surface area contributed by atoms with Gasteiger partial charge in [-0.05, 0) is 30.5 Å². The topological polar surface area (TPSA) is 54.9 Å². The molecular weight excluding hydrogens is 431 g/mol. The van der Waals surface area contributed by atoms with Gasteiger partial charge < -0.3 is 20.1 Å². The molecule has 1 atom stereocenters. The molecule has 0 saturated carbocycles. The molecule has 24 heavy (non-hydrogen) atoms. The van der Waals surface area contributed by atoms with Crippen molar-refractivity contribution >= 4 is 29.9 Å². The minimum atomic E-state index is -2.47. The van der Waals surface area contributed by atoms with Crippen LogP contribution in [0.4, 0.5) is 8.78 Å². The van der Waals surface area contributed by atoms with Crippen molar-refractivity contribution in [2.75, 3.05) is 26.8 Å². The van der Waals surface area contributed by atoms with E-state index in [9.17, 15) is 8.78 Å². The molecule has 1 heterocycles. The molecule has 0 bridgehead atoms. The highest BCUT2D eigenvalue weighted by Crippen LogP contribution is 2.14. The molecule has 1 aliphatic rings. The first kappa shape index (κ1) is 20.9. The summed E-state index contributed by atoms with van der Waals surface area (Å²) in [5, 5.41) is 6.40. The summed E-state index contributed by atoms with van der Waals surface area (Å²) in [6.45, 7) is 1.47. The highest BCUT2D eigenvalue weighted by Gasteiger charge is 2.15. The Morgan fingerprint density at radius 1 is 1.42 bits per heavy atom. The number of alkyl halides is 2. The zero-order valence-corrected chi connectivity index (χ0v) is 16.0. The van der Waals surface area contributed by atoms with Gasteiger partial charge in [0.15, 0.2) is 5.96 Å². The Morgan fingerprint density at radius 3 is 2.92 bits per heavy atom. The Balaban J connectivity index is 0.00000288. The molecule has 0 aromatic heterocycles. The largest absolute Gasteiger partial charge is 0.488 e. The molecule has 2 rings (SSSR count). The summed E-state index contributed by atoms with van der Waals surface area (Å²) in [4.78, 5) is 4.15. The number of halogens is 3. The molecule has 1 aliphatic heterocycles. The Kier molecular flexibility index (Phi) is 9.92. The maximum Gasteiger partial charge on any atom is 0.272 e. The van der Waals surface area contributed by atoms with Crippen LogP contribution in [0.5, 0.6) is 5.75 Å². The monoisotopic (exact) mass is 455 g/mol. The number of rotatable bonds is 7. The van der Waals surface area contributed by atoms with E-state index < -0.39 is 13.0 Å². The zero-order chi connectivity index (χ0) is 16.5. The van der Waals surface area contributed by atoms with Gasteiger partial charge in [0, 0.05) is 26.7 Å². The molecule has 0 radical (unpaired) electrons. The van der Waals surface area contributed by atoms with Crippen LogP contribution >= 0.6 is 24.0 Å². The van der Waals surface area contributed by atoms with Crippen molar-refractivity contribution in [2.24, 2.45) is 4.99 Å². The average molecular weight is 455 g/mol. The molecule has 1 aromatic carbocycles. The molecule has 1 fully saturated rings. The second kappa shape index (κ2) is 11.4. The van der Waals surface area contributed by atoms with Crippen LogP contribution in [-0.4, -0.2) is 45.3 Å². The van der Waals surface area contributed by atoms with Crippen LogP contribution in [0.15, 0.2) is 29.3 Å². The summed E-state index contributed by atoms with van der Waals surface area (Å²) in [5.41, 5.74) is 0.928. The number of nitrogens with one attached hydrogen (secondary N) is 2. The van der Waals surface area contributed by atoms with Crippen LogP contribution in [0.1, 0.15) is 18.4 Å². The van der Waals surface area contributed by atoms with Gasteiger partial charge in [-0.25, -0.2) is 8.78 Å². The third kappa shape index (κ3) is 7.61. The first-order valence-electron chi connectivity index (χ1n) is 7.73. The fourth-order valence-corrected chi connectivity index (χ4v) is 2.33. The second-order valence-electron chi connectivity index (χ2n) is 5.29. The smallest absolute Gasteiger partial charge is 0.272 e. The van der Waals surface area contributed by atoms with Gasteiger partial charge in [0.1, 0.15) is 12.4 Å². The van der Waals surface area contributed by atoms with Crippen LogP contribution in [0.2, 0.25) is 0 Å². The number of ether oxygens (including phenoxy) is 2. The SMILES string of the molecule is CN=C(NCc1cccc(OCC(F)F)c1)NCC1CCCO1.I. The lowest BCUT2D eigenvalue weighted by Crippen LogP contribution is -2.40. The van der Waals surface area contributed by atoms with Gasteiger partial charge >= 0.3 is 0 Å². The van der Waals surface area contributed by atoms with Crippen LogP contribution in [0, 0.1) is 0 Å². The van der Waals surface area contributed by atoms with E-state index in [1.165, 1.54) is 0 Å². The predicted octanol–water partition coefficient (Wildman–Crippen LogP) is 2.79. The minimum absolute atomic E-state index is 0. The summed E-state index contributed by atoms with van der Waals surface area (Å²) in [6.07, 6.45) is -0.0747. The number of guanidine groups is 1. The van der Waals surface area contributed by atoms with E-state index in [2.05, 4.69) is 15.6 Å². The van der Waals surface area contributed by atoms with Gasteiger partial charge in [-0.3, -0.25) is 4.99 Å². The lowest BCUT2D eigenvalue weighted by atomic mass is 10.2. The fraction of sp³-hybridized carbons (Fsp3) is 0.562. The molecule has 0 amide bonds. The van der Waals surface area contributed by atoms with E-state index in [1.807, 2.05) is 6.07 Å². The molecule has 0 spiro atoms. The van der Waals surface area contributed by atoms with E-state index >= 15 is 0 Å². The number of aliphatic imine (C=N–C) groups is 1. The first-order chi connectivity index (χ1) is 11.2. The fourth-order valence-electron chi connectivity index (χ4n) is 2.33. The van der Waals surface area contributed by atoms with Gasteiger partial charge in [0.2, 0.25) is 0 Å². The summed E-state index contributed by atoms with van der Waals surface area (Å²) in [7, 11) is 1.70.